The quantitative estimate of drug-likeness (QED) is 0.622. The molecule has 0 fully saturated rings. The molecule has 0 spiro atoms. The molecule has 19 heavy (non-hydrogen) atoms. The van der Waals surface area contributed by atoms with Crippen molar-refractivity contribution >= 4 is 17.5 Å². The van der Waals surface area contributed by atoms with E-state index in [4.69, 9.17) is 0 Å². The average molecular weight is 275 g/mol. The highest BCUT2D eigenvalue weighted by atomic mass is 32.2. The Bertz CT molecular complexity index is 575. The largest absolute Gasteiger partial charge is 0.309 e. The van der Waals surface area contributed by atoms with Crippen molar-refractivity contribution in [2.45, 2.75) is 25.4 Å². The summed E-state index contributed by atoms with van der Waals surface area (Å²) in [7, 11) is 1.90. The predicted octanol–water partition coefficient (Wildman–Crippen LogP) is 2.66. The van der Waals surface area contributed by atoms with Gasteiger partial charge in [-0.05, 0) is 18.9 Å². The molecule has 0 N–H and O–H groups in total. The first-order valence-electron chi connectivity index (χ1n) is 6.22. The van der Waals surface area contributed by atoms with Crippen molar-refractivity contribution in [3.05, 3.63) is 41.2 Å². The number of carbonyl (C=O) groups is 1. The van der Waals surface area contributed by atoms with Crippen molar-refractivity contribution in [2.24, 2.45) is 7.05 Å². The van der Waals surface area contributed by atoms with Crippen LogP contribution in [0, 0.1) is 6.92 Å². The van der Waals surface area contributed by atoms with Gasteiger partial charge in [-0.25, -0.2) is 0 Å². The summed E-state index contributed by atoms with van der Waals surface area (Å²) < 4.78 is 1.89. The zero-order valence-electron chi connectivity index (χ0n) is 11.4. The lowest BCUT2D eigenvalue weighted by Gasteiger charge is -2.03. The smallest absolute Gasteiger partial charge is 0.191 e. The number of aromatic nitrogens is 3. The molecule has 0 saturated carbocycles. The fourth-order valence-corrected chi connectivity index (χ4v) is 2.50. The van der Waals surface area contributed by atoms with Gasteiger partial charge in [-0.3, -0.25) is 4.79 Å². The molecule has 0 saturated heterocycles. The maximum Gasteiger partial charge on any atom is 0.191 e. The molecule has 0 aliphatic heterocycles. The molecule has 1 heterocycles. The van der Waals surface area contributed by atoms with Gasteiger partial charge in [0.25, 0.3) is 0 Å². The van der Waals surface area contributed by atoms with Crippen LogP contribution >= 0.6 is 11.8 Å². The van der Waals surface area contributed by atoms with Crippen LogP contribution in [0.15, 0.2) is 29.4 Å². The molecule has 5 heteroatoms. The molecule has 0 atom stereocenters. The Kier molecular flexibility index (Phi) is 4.37. The third-order valence-corrected chi connectivity index (χ3v) is 4.09. The van der Waals surface area contributed by atoms with Crippen molar-refractivity contribution < 1.29 is 4.79 Å². The Balaban J connectivity index is 1.99. The van der Waals surface area contributed by atoms with Gasteiger partial charge in [0.2, 0.25) is 0 Å². The van der Waals surface area contributed by atoms with Crippen molar-refractivity contribution in [1.29, 1.82) is 0 Å². The van der Waals surface area contributed by atoms with E-state index < -0.39 is 0 Å². The highest BCUT2D eigenvalue weighted by Gasteiger charge is 2.10. The first-order valence-corrected chi connectivity index (χ1v) is 7.21. The lowest BCUT2D eigenvalue weighted by Crippen LogP contribution is -2.04. The second-order valence-corrected chi connectivity index (χ2v) is 5.29. The van der Waals surface area contributed by atoms with Crippen LogP contribution < -0.4 is 0 Å². The van der Waals surface area contributed by atoms with Gasteiger partial charge >= 0.3 is 0 Å². The Morgan fingerprint density at radius 1 is 1.26 bits per heavy atom. The first kappa shape index (κ1) is 13.8. The monoisotopic (exact) mass is 275 g/mol. The second-order valence-electron chi connectivity index (χ2n) is 4.35. The number of hydrogen-bond acceptors (Lipinski definition) is 4. The molecule has 2 aromatic rings. The molecule has 100 valence electrons. The number of hydrogen-bond donors (Lipinski definition) is 0. The van der Waals surface area contributed by atoms with Crippen LogP contribution in [-0.2, 0) is 13.5 Å². The molecule has 2 rings (SSSR count). The van der Waals surface area contributed by atoms with Gasteiger partial charge in [0.05, 0.1) is 5.75 Å². The van der Waals surface area contributed by atoms with Gasteiger partial charge in [-0.1, -0.05) is 43.0 Å². The summed E-state index contributed by atoms with van der Waals surface area (Å²) in [5.74, 6) is 1.35. The van der Waals surface area contributed by atoms with Gasteiger partial charge in [0, 0.05) is 12.6 Å². The third-order valence-electron chi connectivity index (χ3n) is 3.07. The second kappa shape index (κ2) is 6.02. The lowest BCUT2D eigenvalue weighted by molar-refractivity contribution is 0.102. The molecule has 0 bridgehead atoms. The van der Waals surface area contributed by atoms with Crippen LogP contribution in [0.4, 0.5) is 0 Å². The lowest BCUT2D eigenvalue weighted by atomic mass is 10.1. The van der Waals surface area contributed by atoms with Crippen LogP contribution in [0.5, 0.6) is 0 Å². The summed E-state index contributed by atoms with van der Waals surface area (Å²) in [6.45, 7) is 3.99. The van der Waals surface area contributed by atoms with Crippen LogP contribution in [0.1, 0.15) is 28.7 Å². The molecule has 0 aliphatic rings. The molecule has 0 unspecified atom stereocenters. The number of ketones is 1. The number of rotatable bonds is 5. The Morgan fingerprint density at radius 2 is 1.95 bits per heavy atom. The molecule has 0 radical (unpaired) electrons. The van der Waals surface area contributed by atoms with Crippen molar-refractivity contribution in [2.75, 3.05) is 5.75 Å². The predicted molar refractivity (Wildman–Crippen MR) is 76.6 cm³/mol. The fourth-order valence-electron chi connectivity index (χ4n) is 1.65. The number of thioether (sulfide) groups is 1. The van der Waals surface area contributed by atoms with Crippen molar-refractivity contribution in [1.82, 2.24) is 14.8 Å². The topological polar surface area (TPSA) is 47.8 Å². The highest BCUT2D eigenvalue weighted by Crippen LogP contribution is 2.17. The maximum atomic E-state index is 12.1. The highest BCUT2D eigenvalue weighted by molar-refractivity contribution is 7.99. The minimum Gasteiger partial charge on any atom is -0.309 e. The number of benzene rings is 1. The summed E-state index contributed by atoms with van der Waals surface area (Å²) in [5, 5.41) is 8.78. The minimum absolute atomic E-state index is 0.119. The number of carbonyl (C=O) groups excluding carboxylic acids is 1. The van der Waals surface area contributed by atoms with Crippen LogP contribution in [0.25, 0.3) is 0 Å². The first-order chi connectivity index (χ1) is 9.11. The van der Waals surface area contributed by atoms with E-state index in [0.717, 1.165) is 23.0 Å². The van der Waals surface area contributed by atoms with E-state index in [1.54, 1.807) is 0 Å². The summed E-state index contributed by atoms with van der Waals surface area (Å²) in [6, 6.07) is 7.79. The van der Waals surface area contributed by atoms with Gasteiger partial charge in [0.1, 0.15) is 5.82 Å². The summed E-state index contributed by atoms with van der Waals surface area (Å²) in [5.41, 5.74) is 2.00. The van der Waals surface area contributed by atoms with Crippen LogP contribution in [0.2, 0.25) is 0 Å². The third kappa shape index (κ3) is 3.23. The van der Waals surface area contributed by atoms with Gasteiger partial charge in [-0.2, -0.15) is 0 Å². The van der Waals surface area contributed by atoms with E-state index in [1.807, 2.05) is 42.8 Å². The van der Waals surface area contributed by atoms with Crippen molar-refractivity contribution in [3.8, 4) is 0 Å². The van der Waals surface area contributed by atoms with E-state index >= 15 is 0 Å². The number of nitrogens with zero attached hydrogens (tertiary/aromatic N) is 3. The fraction of sp³-hybridized carbons (Fsp3) is 0.357. The number of aryl methyl sites for hydroxylation is 2. The maximum absolute atomic E-state index is 12.1. The zero-order valence-corrected chi connectivity index (χ0v) is 12.2. The Labute approximate surface area is 117 Å². The molecular formula is C14H17N3OS. The summed E-state index contributed by atoms with van der Waals surface area (Å²) >= 11 is 1.42. The summed E-state index contributed by atoms with van der Waals surface area (Å²) in [4.78, 5) is 12.1. The van der Waals surface area contributed by atoms with Crippen LogP contribution in [-0.4, -0.2) is 26.3 Å². The summed E-state index contributed by atoms with van der Waals surface area (Å²) in [6.07, 6.45) is 0.988. The molecule has 0 amide bonds. The molecule has 0 aliphatic carbocycles. The Hall–Kier alpha value is -1.62. The van der Waals surface area contributed by atoms with Gasteiger partial charge < -0.3 is 4.57 Å². The standard InChI is InChI=1S/C14H17N3OS/c1-4-11-5-7-12(8-6-11)13(18)9-19-14-16-15-10(2)17(14)3/h5-8H,4,9H2,1-3H3. The van der Waals surface area contributed by atoms with Crippen LogP contribution in [0.3, 0.4) is 0 Å². The van der Waals surface area contributed by atoms with Gasteiger partial charge in [-0.15, -0.1) is 10.2 Å². The van der Waals surface area contributed by atoms with Gasteiger partial charge in [0.15, 0.2) is 10.9 Å². The molecule has 1 aromatic heterocycles. The number of Topliss-reactive ketones (excluding diaryl/α,β-unsaturated/α-hetero) is 1. The SMILES string of the molecule is CCc1ccc(C(=O)CSc2nnc(C)n2C)cc1. The molecule has 4 nitrogen and oxygen atoms in total. The van der Waals surface area contributed by atoms with E-state index in [0.29, 0.717) is 5.75 Å². The van der Waals surface area contributed by atoms with E-state index in [-0.39, 0.29) is 5.78 Å². The van der Waals surface area contributed by atoms with Crippen molar-refractivity contribution in [3.63, 3.8) is 0 Å². The minimum atomic E-state index is 0.119. The van der Waals surface area contributed by atoms with E-state index in [1.165, 1.54) is 17.3 Å². The normalized spacial score (nSPS) is 10.7. The average Bonchev–Trinajstić information content (AvgIpc) is 2.76. The molecular weight excluding hydrogens is 258 g/mol. The van der Waals surface area contributed by atoms with E-state index in [9.17, 15) is 4.79 Å². The molecule has 1 aromatic carbocycles. The Morgan fingerprint density at radius 3 is 2.47 bits per heavy atom. The van der Waals surface area contributed by atoms with E-state index in [2.05, 4.69) is 17.1 Å². The zero-order chi connectivity index (χ0) is 13.8.